The predicted molar refractivity (Wildman–Crippen MR) is 106 cm³/mol. The number of nitrogens with one attached hydrogen (secondary N) is 3. The zero-order valence-corrected chi connectivity index (χ0v) is 16.3. The Morgan fingerprint density at radius 2 is 1.82 bits per heavy atom. The minimum atomic E-state index is -0.699. The van der Waals surface area contributed by atoms with E-state index in [9.17, 15) is 19.2 Å². The number of benzene rings is 1. The maximum atomic E-state index is 12.6. The molecule has 8 nitrogen and oxygen atoms in total. The van der Waals surface area contributed by atoms with Crippen LogP contribution in [0, 0.1) is 6.92 Å². The Morgan fingerprint density at radius 3 is 2.50 bits per heavy atom. The van der Waals surface area contributed by atoms with Gasteiger partial charge < -0.3 is 20.4 Å². The van der Waals surface area contributed by atoms with Gasteiger partial charge in [0, 0.05) is 43.6 Å². The van der Waals surface area contributed by atoms with Crippen molar-refractivity contribution in [3.05, 3.63) is 40.2 Å². The summed E-state index contributed by atoms with van der Waals surface area (Å²) in [5, 5.41) is 8.87. The van der Waals surface area contributed by atoms with Gasteiger partial charge in [-0.1, -0.05) is 0 Å². The third-order valence-electron chi connectivity index (χ3n) is 4.21. The van der Waals surface area contributed by atoms with Gasteiger partial charge in [-0.2, -0.15) is 0 Å². The van der Waals surface area contributed by atoms with Crippen LogP contribution >= 0.6 is 0 Å². The molecule has 1 aromatic carbocycles. The molecule has 0 aliphatic carbocycles. The largest absolute Gasteiger partial charge is 0.423 e. The van der Waals surface area contributed by atoms with Gasteiger partial charge in [0.1, 0.15) is 11.6 Å². The van der Waals surface area contributed by atoms with E-state index in [1.165, 1.54) is 19.9 Å². The summed E-state index contributed by atoms with van der Waals surface area (Å²) in [5.74, 6) is -0.763. The van der Waals surface area contributed by atoms with Gasteiger partial charge in [-0.15, -0.1) is 0 Å². The first-order valence-corrected chi connectivity index (χ1v) is 9.13. The van der Waals surface area contributed by atoms with E-state index in [0.29, 0.717) is 37.1 Å². The highest BCUT2D eigenvalue weighted by Gasteiger charge is 2.19. The lowest BCUT2D eigenvalue weighted by Gasteiger charge is -2.18. The first-order chi connectivity index (χ1) is 13.3. The molecule has 0 fully saturated rings. The van der Waals surface area contributed by atoms with Crippen molar-refractivity contribution in [2.45, 2.75) is 46.1 Å². The number of anilines is 1. The van der Waals surface area contributed by atoms with E-state index in [0.717, 1.165) is 10.9 Å². The van der Waals surface area contributed by atoms with Crippen LogP contribution in [0.15, 0.2) is 33.5 Å². The van der Waals surface area contributed by atoms with Crippen molar-refractivity contribution in [1.82, 2.24) is 10.6 Å². The summed E-state index contributed by atoms with van der Waals surface area (Å²) in [4.78, 5) is 46.5. The van der Waals surface area contributed by atoms with Crippen LogP contribution in [0.5, 0.6) is 0 Å². The van der Waals surface area contributed by atoms with Crippen LogP contribution in [-0.2, 0) is 14.4 Å². The van der Waals surface area contributed by atoms with E-state index >= 15 is 0 Å². The summed E-state index contributed by atoms with van der Waals surface area (Å²) in [5.41, 5.74) is 1.19. The van der Waals surface area contributed by atoms with Gasteiger partial charge in [-0.05, 0) is 43.9 Å². The lowest BCUT2D eigenvalue weighted by Crippen LogP contribution is -2.42. The van der Waals surface area contributed by atoms with Gasteiger partial charge in [-0.25, -0.2) is 4.79 Å². The topological polar surface area (TPSA) is 118 Å². The van der Waals surface area contributed by atoms with Crippen molar-refractivity contribution in [3.63, 3.8) is 0 Å². The molecule has 1 heterocycles. The van der Waals surface area contributed by atoms with Crippen LogP contribution in [0.2, 0.25) is 0 Å². The zero-order valence-electron chi connectivity index (χ0n) is 16.3. The van der Waals surface area contributed by atoms with Crippen molar-refractivity contribution < 1.29 is 18.8 Å². The number of carbonyl (C=O) groups excluding carboxylic acids is 3. The molecule has 0 unspecified atom stereocenters. The normalized spacial score (nSPS) is 11.7. The molecule has 1 atom stereocenters. The molecule has 0 saturated carbocycles. The Kier molecular flexibility index (Phi) is 7.31. The van der Waals surface area contributed by atoms with E-state index in [1.807, 2.05) is 6.92 Å². The van der Waals surface area contributed by atoms with Gasteiger partial charge in [0.15, 0.2) is 0 Å². The molecule has 28 heavy (non-hydrogen) atoms. The number of rotatable bonds is 8. The van der Waals surface area contributed by atoms with Crippen LogP contribution in [0.25, 0.3) is 11.0 Å². The molecule has 1 aromatic heterocycles. The van der Waals surface area contributed by atoms with Crippen molar-refractivity contribution in [2.75, 3.05) is 11.9 Å². The molecule has 0 radical (unpaired) electrons. The number of aryl methyl sites for hydroxylation is 1. The van der Waals surface area contributed by atoms with Gasteiger partial charge in [-0.3, -0.25) is 14.4 Å². The van der Waals surface area contributed by atoms with Crippen LogP contribution in [0.1, 0.15) is 38.7 Å². The van der Waals surface area contributed by atoms with E-state index in [-0.39, 0.29) is 17.7 Å². The van der Waals surface area contributed by atoms with Gasteiger partial charge in [0.05, 0.1) is 0 Å². The average molecular weight is 387 g/mol. The number of amides is 3. The number of hydrogen-bond acceptors (Lipinski definition) is 5. The molecule has 2 aromatic rings. The van der Waals surface area contributed by atoms with Crippen LogP contribution in [0.4, 0.5) is 5.69 Å². The molecule has 3 amide bonds. The molecule has 2 rings (SSSR count). The molecule has 0 saturated heterocycles. The molecule has 8 heteroatoms. The fourth-order valence-corrected chi connectivity index (χ4v) is 2.88. The fraction of sp³-hybridized carbons (Fsp3) is 0.400. The number of fused-ring (bicyclic) bond motifs is 1. The molecular weight excluding hydrogens is 362 g/mol. The van der Waals surface area contributed by atoms with Crippen molar-refractivity contribution >= 4 is 34.4 Å². The molecular formula is C20H25N3O5. The van der Waals surface area contributed by atoms with Gasteiger partial charge in [0.25, 0.3) is 0 Å². The summed E-state index contributed by atoms with van der Waals surface area (Å²) < 4.78 is 5.19. The minimum absolute atomic E-state index is 0.102. The summed E-state index contributed by atoms with van der Waals surface area (Å²) >= 11 is 0. The Balaban J connectivity index is 2.05. The molecule has 0 spiro atoms. The van der Waals surface area contributed by atoms with Crippen molar-refractivity contribution in [2.24, 2.45) is 0 Å². The summed E-state index contributed by atoms with van der Waals surface area (Å²) in [6.07, 6.45) is 1.79. The van der Waals surface area contributed by atoms with Crippen LogP contribution < -0.4 is 21.6 Å². The highest BCUT2D eigenvalue weighted by molar-refractivity contribution is 5.98. The van der Waals surface area contributed by atoms with E-state index in [4.69, 9.17) is 4.42 Å². The van der Waals surface area contributed by atoms with Crippen molar-refractivity contribution in [3.8, 4) is 0 Å². The van der Waals surface area contributed by atoms with Gasteiger partial charge in [0.2, 0.25) is 17.7 Å². The van der Waals surface area contributed by atoms with E-state index in [1.54, 1.807) is 18.2 Å². The quantitative estimate of drug-likeness (QED) is 0.472. The van der Waals surface area contributed by atoms with Gasteiger partial charge >= 0.3 is 5.63 Å². The first kappa shape index (κ1) is 21.1. The zero-order chi connectivity index (χ0) is 20.7. The monoisotopic (exact) mass is 387 g/mol. The summed E-state index contributed by atoms with van der Waals surface area (Å²) in [6, 6.07) is 5.78. The smallest absolute Gasteiger partial charge is 0.336 e. The number of carbonyl (C=O) groups is 3. The molecule has 0 aliphatic heterocycles. The Morgan fingerprint density at radius 1 is 1.07 bits per heavy atom. The second-order valence-corrected chi connectivity index (χ2v) is 6.68. The maximum Gasteiger partial charge on any atom is 0.336 e. The predicted octanol–water partition coefficient (Wildman–Crippen LogP) is 1.85. The second kappa shape index (κ2) is 9.68. The van der Waals surface area contributed by atoms with Crippen molar-refractivity contribution in [1.29, 1.82) is 0 Å². The Hall–Kier alpha value is -3.16. The number of hydrogen-bond donors (Lipinski definition) is 3. The lowest BCUT2D eigenvalue weighted by molar-refractivity contribution is -0.125. The first-order valence-electron chi connectivity index (χ1n) is 9.13. The highest BCUT2D eigenvalue weighted by Crippen LogP contribution is 2.21. The summed E-state index contributed by atoms with van der Waals surface area (Å²) in [6.45, 7) is 5.13. The highest BCUT2D eigenvalue weighted by atomic mass is 16.4. The molecule has 0 aliphatic rings. The molecule has 3 N–H and O–H groups in total. The van der Waals surface area contributed by atoms with E-state index < -0.39 is 11.7 Å². The second-order valence-electron chi connectivity index (χ2n) is 6.68. The standard InChI is InChI=1S/C20H25N3O5/c1-12-10-19(26)28-18-11-15(7-8-16(12)18)23-20(27)17(22-14(3)25)6-4-5-9-21-13(2)24/h7-8,10-11,17H,4-6,9H2,1-3H3,(H,21,24)(H,22,25)(H,23,27)/t17-/m0/s1. The number of unbranched alkanes of at least 4 members (excludes halogenated alkanes) is 1. The molecule has 0 bridgehead atoms. The minimum Gasteiger partial charge on any atom is -0.423 e. The lowest BCUT2D eigenvalue weighted by atomic mass is 10.1. The maximum absolute atomic E-state index is 12.6. The third kappa shape index (κ3) is 6.22. The molecule has 150 valence electrons. The van der Waals surface area contributed by atoms with Crippen LogP contribution in [-0.4, -0.2) is 30.3 Å². The summed E-state index contributed by atoms with van der Waals surface area (Å²) in [7, 11) is 0. The van der Waals surface area contributed by atoms with E-state index in [2.05, 4.69) is 16.0 Å². The third-order valence-corrected chi connectivity index (χ3v) is 4.21. The van der Waals surface area contributed by atoms with Crippen LogP contribution in [0.3, 0.4) is 0 Å². The SMILES string of the molecule is CC(=O)NCCCC[C@H](NC(C)=O)C(=O)Nc1ccc2c(C)cc(=O)oc2c1. The average Bonchev–Trinajstić information content (AvgIpc) is 2.59. The fourth-order valence-electron chi connectivity index (χ4n) is 2.88. The Bertz CT molecular complexity index is 935. The Labute approximate surface area is 162 Å².